The Morgan fingerprint density at radius 2 is 1.32 bits per heavy atom. The number of nitrogens with zero attached hydrogens (tertiary/aromatic N) is 4. The molecule has 0 amide bonds. The van der Waals surface area contributed by atoms with Crippen LogP contribution in [0.25, 0.3) is 101 Å². The van der Waals surface area contributed by atoms with E-state index >= 15 is 0 Å². The van der Waals surface area contributed by atoms with Crippen molar-refractivity contribution in [3.63, 3.8) is 0 Å². The Balaban J connectivity index is 1.37. The lowest BCUT2D eigenvalue weighted by molar-refractivity contribution is 0.606. The minimum atomic E-state index is 0.635. The Bertz CT molecular complexity index is 3000. The molecule has 5 heteroatoms. The summed E-state index contributed by atoms with van der Waals surface area (Å²) in [6, 6.07) is 46.7. The third-order valence-corrected chi connectivity index (χ3v) is 9.82. The molecule has 0 bridgehead atoms. The Morgan fingerprint density at radius 3 is 2.12 bits per heavy atom. The minimum Gasteiger partial charge on any atom is -0.455 e. The molecule has 50 heavy (non-hydrogen) atoms. The van der Waals surface area contributed by atoms with Crippen LogP contribution in [0.1, 0.15) is 18.2 Å². The molecule has 0 N–H and O–H groups in total. The standard InChI is InChI=1S/C45H30N4O/c1-3-15-41-30(4-2)32-24-25-38-42(44(32)50-41)35-26-34-31-20-12-14-23-37(31)49(39(34)27-40(35)48(38)29-18-9-6-10-19-29)45-46-36-22-13-11-21-33(36)43(47-45)28-16-7-5-8-17-28/h3-27H,2H2,1H3/b15-3-. The van der Waals surface area contributed by atoms with Crippen LogP contribution in [0.15, 0.2) is 151 Å². The van der Waals surface area contributed by atoms with Gasteiger partial charge in [-0.3, -0.25) is 4.57 Å². The maximum Gasteiger partial charge on any atom is 0.235 e. The fraction of sp³-hybridized carbons (Fsp3) is 0.0222. The van der Waals surface area contributed by atoms with E-state index in [-0.39, 0.29) is 0 Å². The largest absolute Gasteiger partial charge is 0.455 e. The molecule has 10 rings (SSSR count). The maximum absolute atomic E-state index is 6.67. The summed E-state index contributed by atoms with van der Waals surface area (Å²) in [4.78, 5) is 10.5. The number of hydrogen-bond acceptors (Lipinski definition) is 3. The fourth-order valence-electron chi connectivity index (χ4n) is 7.69. The Labute approximate surface area is 287 Å². The summed E-state index contributed by atoms with van der Waals surface area (Å²) in [5, 5.41) is 6.52. The molecule has 0 unspecified atom stereocenters. The molecule has 10 aromatic rings. The molecule has 0 radical (unpaired) electrons. The number of allylic oxidation sites excluding steroid dienone is 1. The summed E-state index contributed by atoms with van der Waals surface area (Å²) in [6.07, 6.45) is 5.91. The number of aromatic nitrogens is 4. The van der Waals surface area contributed by atoms with Crippen molar-refractivity contribution >= 4 is 77.6 Å². The first-order valence-electron chi connectivity index (χ1n) is 16.8. The SMILES string of the molecule is C=Cc1c(/C=C\C)oc2c1ccc1c2c2cc3c4ccccc4n(-c4nc(-c5ccccc5)c5ccccc5n4)c3cc2n1-c1ccccc1. The quantitative estimate of drug-likeness (QED) is 0.188. The van der Waals surface area contributed by atoms with Gasteiger partial charge in [-0.15, -0.1) is 0 Å². The lowest BCUT2D eigenvalue weighted by Gasteiger charge is -2.12. The van der Waals surface area contributed by atoms with Gasteiger partial charge in [0.15, 0.2) is 0 Å². The first kappa shape index (κ1) is 28.3. The highest BCUT2D eigenvalue weighted by atomic mass is 16.3. The van der Waals surface area contributed by atoms with E-state index in [0.29, 0.717) is 5.95 Å². The van der Waals surface area contributed by atoms with Gasteiger partial charge in [0.05, 0.1) is 38.7 Å². The normalized spacial score (nSPS) is 12.1. The molecule has 0 atom stereocenters. The van der Waals surface area contributed by atoms with E-state index in [2.05, 4.69) is 131 Å². The summed E-state index contributed by atoms with van der Waals surface area (Å²) in [7, 11) is 0. The average molecular weight is 643 g/mol. The summed E-state index contributed by atoms with van der Waals surface area (Å²) >= 11 is 0. The smallest absolute Gasteiger partial charge is 0.235 e. The van der Waals surface area contributed by atoms with Crippen LogP contribution in [0.2, 0.25) is 0 Å². The van der Waals surface area contributed by atoms with Gasteiger partial charge in [-0.05, 0) is 61.5 Å². The van der Waals surface area contributed by atoms with E-state index in [4.69, 9.17) is 14.4 Å². The molecule has 0 saturated carbocycles. The van der Waals surface area contributed by atoms with Gasteiger partial charge in [-0.1, -0.05) is 104 Å². The lowest BCUT2D eigenvalue weighted by Crippen LogP contribution is -2.03. The monoisotopic (exact) mass is 642 g/mol. The zero-order valence-corrected chi connectivity index (χ0v) is 27.3. The van der Waals surface area contributed by atoms with Crippen molar-refractivity contribution in [1.29, 1.82) is 0 Å². The second-order valence-electron chi connectivity index (χ2n) is 12.6. The molecule has 4 heterocycles. The first-order chi connectivity index (χ1) is 24.7. The highest BCUT2D eigenvalue weighted by Crippen LogP contribution is 2.43. The highest BCUT2D eigenvalue weighted by Gasteiger charge is 2.23. The van der Waals surface area contributed by atoms with Gasteiger partial charge in [-0.2, -0.15) is 0 Å². The molecule has 236 valence electrons. The number of furan rings is 1. The molecule has 0 aliphatic carbocycles. The molecular weight excluding hydrogens is 613 g/mol. The molecule has 6 aromatic carbocycles. The number of rotatable bonds is 5. The zero-order chi connectivity index (χ0) is 33.3. The van der Waals surface area contributed by atoms with Gasteiger partial charge >= 0.3 is 0 Å². The third-order valence-electron chi connectivity index (χ3n) is 9.82. The second kappa shape index (κ2) is 10.9. The van der Waals surface area contributed by atoms with E-state index in [1.54, 1.807) is 0 Å². The third kappa shape index (κ3) is 4.01. The molecule has 0 saturated heterocycles. The average Bonchev–Trinajstić information content (AvgIpc) is 3.81. The molecular formula is C45H30N4O. The van der Waals surface area contributed by atoms with Crippen LogP contribution in [-0.4, -0.2) is 19.1 Å². The molecule has 4 aromatic heterocycles. The summed E-state index contributed by atoms with van der Waals surface area (Å²) < 4.78 is 11.2. The Morgan fingerprint density at radius 1 is 0.600 bits per heavy atom. The van der Waals surface area contributed by atoms with Crippen LogP contribution in [-0.2, 0) is 0 Å². The number of hydrogen-bond donors (Lipinski definition) is 0. The molecule has 0 aliphatic heterocycles. The number of para-hydroxylation sites is 3. The Kier molecular flexibility index (Phi) is 6.17. The molecule has 0 spiro atoms. The number of benzene rings is 6. The fourth-order valence-corrected chi connectivity index (χ4v) is 7.69. The molecule has 0 fully saturated rings. The van der Waals surface area contributed by atoms with Crippen molar-refractivity contribution in [3.8, 4) is 22.9 Å². The van der Waals surface area contributed by atoms with E-state index in [1.165, 1.54) is 0 Å². The van der Waals surface area contributed by atoms with Gasteiger partial charge in [0, 0.05) is 43.7 Å². The predicted octanol–water partition coefficient (Wildman–Crippen LogP) is 11.9. The van der Waals surface area contributed by atoms with Crippen molar-refractivity contribution in [1.82, 2.24) is 19.1 Å². The van der Waals surface area contributed by atoms with Gasteiger partial charge < -0.3 is 8.98 Å². The predicted molar refractivity (Wildman–Crippen MR) is 208 cm³/mol. The van der Waals surface area contributed by atoms with Gasteiger partial charge in [0.2, 0.25) is 5.95 Å². The zero-order valence-electron chi connectivity index (χ0n) is 27.3. The van der Waals surface area contributed by atoms with E-state index in [0.717, 1.165) is 93.8 Å². The van der Waals surface area contributed by atoms with Crippen molar-refractivity contribution in [2.24, 2.45) is 0 Å². The topological polar surface area (TPSA) is 48.8 Å². The van der Waals surface area contributed by atoms with Crippen molar-refractivity contribution in [2.75, 3.05) is 0 Å². The summed E-state index contributed by atoms with van der Waals surface area (Å²) in [6.45, 7) is 6.13. The van der Waals surface area contributed by atoms with Crippen LogP contribution in [0.4, 0.5) is 0 Å². The first-order valence-corrected chi connectivity index (χ1v) is 16.8. The van der Waals surface area contributed by atoms with Gasteiger partial charge in [-0.25, -0.2) is 9.97 Å². The van der Waals surface area contributed by atoms with Crippen LogP contribution in [0.3, 0.4) is 0 Å². The lowest BCUT2D eigenvalue weighted by atomic mass is 10.0. The van der Waals surface area contributed by atoms with E-state index in [1.807, 2.05) is 43.4 Å². The van der Waals surface area contributed by atoms with Crippen molar-refractivity contribution in [3.05, 3.63) is 157 Å². The van der Waals surface area contributed by atoms with E-state index in [9.17, 15) is 0 Å². The second-order valence-corrected chi connectivity index (χ2v) is 12.6. The Hall–Kier alpha value is -6.72. The van der Waals surface area contributed by atoms with Crippen LogP contribution in [0.5, 0.6) is 0 Å². The molecule has 5 nitrogen and oxygen atoms in total. The maximum atomic E-state index is 6.67. The summed E-state index contributed by atoms with van der Waals surface area (Å²) in [5.74, 6) is 1.45. The van der Waals surface area contributed by atoms with Gasteiger partial charge in [0.1, 0.15) is 11.3 Å². The molecule has 0 aliphatic rings. The minimum absolute atomic E-state index is 0.635. The van der Waals surface area contributed by atoms with Crippen LogP contribution in [0, 0.1) is 0 Å². The number of fused-ring (bicyclic) bond motifs is 9. The van der Waals surface area contributed by atoms with Crippen LogP contribution >= 0.6 is 0 Å². The van der Waals surface area contributed by atoms with E-state index < -0.39 is 0 Å². The van der Waals surface area contributed by atoms with Crippen molar-refractivity contribution in [2.45, 2.75) is 6.92 Å². The van der Waals surface area contributed by atoms with Crippen molar-refractivity contribution < 1.29 is 4.42 Å². The summed E-state index contributed by atoms with van der Waals surface area (Å²) in [5.41, 5.74) is 10.0. The van der Waals surface area contributed by atoms with Gasteiger partial charge in [0.25, 0.3) is 0 Å². The van der Waals surface area contributed by atoms with Crippen LogP contribution < -0.4 is 0 Å². The highest BCUT2D eigenvalue weighted by molar-refractivity contribution is 6.25.